The summed E-state index contributed by atoms with van der Waals surface area (Å²) >= 11 is 3.15. The summed E-state index contributed by atoms with van der Waals surface area (Å²) in [5, 5.41) is 2.78. The molecule has 0 unspecified atom stereocenters. The molecule has 1 aliphatic carbocycles. The summed E-state index contributed by atoms with van der Waals surface area (Å²) in [5.41, 5.74) is 0.558. The molecule has 0 aromatic heterocycles. The number of nitrogens with one attached hydrogen (secondary N) is 1. The number of carbonyl (C=O) groups is 1. The molecule has 4 nitrogen and oxygen atoms in total. The van der Waals surface area contributed by atoms with Crippen LogP contribution in [0.5, 0.6) is 0 Å². The second-order valence-electron chi connectivity index (χ2n) is 5.32. The van der Waals surface area contributed by atoms with Crippen LogP contribution in [0.2, 0.25) is 0 Å². The Kier molecular flexibility index (Phi) is 5.68. The summed E-state index contributed by atoms with van der Waals surface area (Å²) in [6, 6.07) is 4.45. The minimum Gasteiger partial charge on any atom is -0.326 e. The molecular weight excluding hydrogens is 378 g/mol. The summed E-state index contributed by atoms with van der Waals surface area (Å²) in [4.78, 5) is 11.9. The van der Waals surface area contributed by atoms with Gasteiger partial charge < -0.3 is 5.32 Å². The van der Waals surface area contributed by atoms with Gasteiger partial charge in [0.25, 0.3) is 9.05 Å². The molecule has 0 atom stereocenters. The average molecular weight is 395 g/mol. The molecule has 1 aromatic carbocycles. The van der Waals surface area contributed by atoms with Crippen LogP contribution in [0.4, 0.5) is 5.69 Å². The van der Waals surface area contributed by atoms with E-state index in [2.05, 4.69) is 21.2 Å². The number of carbonyl (C=O) groups excluding carboxylic acids is 1. The van der Waals surface area contributed by atoms with Crippen molar-refractivity contribution >= 4 is 47.3 Å². The van der Waals surface area contributed by atoms with Crippen molar-refractivity contribution in [1.82, 2.24) is 0 Å². The second kappa shape index (κ2) is 7.11. The van der Waals surface area contributed by atoms with Gasteiger partial charge in [-0.05, 0) is 46.5 Å². The molecule has 0 radical (unpaired) electrons. The fourth-order valence-electron chi connectivity index (χ4n) is 2.63. The van der Waals surface area contributed by atoms with Gasteiger partial charge >= 0.3 is 0 Å². The SMILES string of the molecule is O=C(CCC1CCCC1)Nc1ccc(S(=O)(=O)Cl)c(Br)c1. The van der Waals surface area contributed by atoms with Crippen LogP contribution in [-0.4, -0.2) is 14.3 Å². The van der Waals surface area contributed by atoms with Crippen LogP contribution in [0.3, 0.4) is 0 Å². The van der Waals surface area contributed by atoms with Crippen LogP contribution < -0.4 is 5.32 Å². The van der Waals surface area contributed by atoms with E-state index in [1.807, 2.05) is 0 Å². The van der Waals surface area contributed by atoms with Gasteiger partial charge in [0, 0.05) is 27.3 Å². The molecular formula is C14H17BrClNO3S. The van der Waals surface area contributed by atoms with Gasteiger partial charge in [0.05, 0.1) is 4.90 Å². The Hall–Kier alpha value is -0.590. The third-order valence-corrected chi connectivity index (χ3v) is 6.03. The maximum Gasteiger partial charge on any atom is 0.262 e. The van der Waals surface area contributed by atoms with Crippen molar-refractivity contribution < 1.29 is 13.2 Å². The minimum absolute atomic E-state index is 0.00637. The fraction of sp³-hybridized carbons (Fsp3) is 0.500. The normalized spacial score (nSPS) is 16.1. The largest absolute Gasteiger partial charge is 0.326 e. The summed E-state index contributed by atoms with van der Waals surface area (Å²) in [5.74, 6) is 0.626. The van der Waals surface area contributed by atoms with Crippen LogP contribution in [0.25, 0.3) is 0 Å². The van der Waals surface area contributed by atoms with Gasteiger partial charge in [-0.1, -0.05) is 25.7 Å². The molecule has 0 aliphatic heterocycles. The molecule has 0 bridgehead atoms. The highest BCUT2D eigenvalue weighted by Crippen LogP contribution is 2.30. The van der Waals surface area contributed by atoms with Gasteiger partial charge in [-0.2, -0.15) is 0 Å². The Labute approximate surface area is 137 Å². The summed E-state index contributed by atoms with van der Waals surface area (Å²) in [7, 11) is 1.51. The molecule has 1 amide bonds. The third kappa shape index (κ3) is 4.97. The van der Waals surface area contributed by atoms with E-state index in [4.69, 9.17) is 10.7 Å². The van der Waals surface area contributed by atoms with Gasteiger partial charge in [0.15, 0.2) is 0 Å². The first kappa shape index (κ1) is 16.8. The summed E-state index contributed by atoms with van der Waals surface area (Å²) < 4.78 is 22.9. The lowest BCUT2D eigenvalue weighted by molar-refractivity contribution is -0.116. The zero-order chi connectivity index (χ0) is 15.5. The average Bonchev–Trinajstić information content (AvgIpc) is 2.88. The molecule has 1 fully saturated rings. The van der Waals surface area contributed by atoms with Crippen molar-refractivity contribution in [2.45, 2.75) is 43.4 Å². The van der Waals surface area contributed by atoms with Crippen LogP contribution in [0.1, 0.15) is 38.5 Å². The Balaban J connectivity index is 1.93. The van der Waals surface area contributed by atoms with E-state index >= 15 is 0 Å². The first-order valence-corrected chi connectivity index (χ1v) is 10.0. The van der Waals surface area contributed by atoms with Gasteiger partial charge in [-0.15, -0.1) is 0 Å². The molecule has 1 saturated carbocycles. The molecule has 1 N–H and O–H groups in total. The minimum atomic E-state index is -3.79. The molecule has 21 heavy (non-hydrogen) atoms. The highest BCUT2D eigenvalue weighted by Gasteiger charge is 2.17. The topological polar surface area (TPSA) is 63.2 Å². The number of benzene rings is 1. The predicted octanol–water partition coefficient (Wildman–Crippen LogP) is 4.29. The van der Waals surface area contributed by atoms with Gasteiger partial charge in [0.2, 0.25) is 5.91 Å². The van der Waals surface area contributed by atoms with Crippen LogP contribution in [-0.2, 0) is 13.8 Å². The van der Waals surface area contributed by atoms with Crippen LogP contribution in [0, 0.1) is 5.92 Å². The zero-order valence-electron chi connectivity index (χ0n) is 11.4. The summed E-state index contributed by atoms with van der Waals surface area (Å²) in [6.45, 7) is 0. The first-order valence-electron chi connectivity index (χ1n) is 6.90. The highest BCUT2D eigenvalue weighted by molar-refractivity contribution is 9.10. The maximum absolute atomic E-state index is 11.9. The van der Waals surface area contributed by atoms with Gasteiger partial charge in [-0.3, -0.25) is 4.79 Å². The quantitative estimate of drug-likeness (QED) is 0.758. The van der Waals surface area contributed by atoms with E-state index in [0.717, 1.165) is 6.42 Å². The zero-order valence-corrected chi connectivity index (χ0v) is 14.6. The number of hydrogen-bond donors (Lipinski definition) is 1. The maximum atomic E-state index is 11.9. The molecule has 0 heterocycles. The van der Waals surface area contributed by atoms with E-state index in [1.165, 1.54) is 37.8 Å². The van der Waals surface area contributed by atoms with Crippen molar-refractivity contribution in [1.29, 1.82) is 0 Å². The van der Waals surface area contributed by atoms with Gasteiger partial charge in [0.1, 0.15) is 0 Å². The highest BCUT2D eigenvalue weighted by atomic mass is 79.9. The lowest BCUT2D eigenvalue weighted by atomic mass is 10.0. The molecule has 0 saturated heterocycles. The van der Waals surface area contributed by atoms with E-state index < -0.39 is 9.05 Å². The Morgan fingerprint density at radius 3 is 2.57 bits per heavy atom. The number of hydrogen-bond acceptors (Lipinski definition) is 3. The second-order valence-corrected chi connectivity index (χ2v) is 8.71. The smallest absolute Gasteiger partial charge is 0.262 e. The standard InChI is InChI=1S/C14H17BrClNO3S/c15-12-9-11(6-7-13(12)21(16,19)20)17-14(18)8-5-10-3-1-2-4-10/h6-7,9-10H,1-5,8H2,(H,17,18). The number of amides is 1. The molecule has 0 spiro atoms. The van der Waals surface area contributed by atoms with E-state index in [0.29, 0.717) is 22.5 Å². The molecule has 2 rings (SSSR count). The Morgan fingerprint density at radius 1 is 1.33 bits per heavy atom. The van der Waals surface area contributed by atoms with Crippen molar-refractivity contribution in [3.05, 3.63) is 22.7 Å². The lowest BCUT2D eigenvalue weighted by Gasteiger charge is -2.10. The first-order chi connectivity index (χ1) is 9.86. The molecule has 1 aromatic rings. The van der Waals surface area contributed by atoms with E-state index in [9.17, 15) is 13.2 Å². The van der Waals surface area contributed by atoms with Crippen molar-refractivity contribution in [3.63, 3.8) is 0 Å². The van der Waals surface area contributed by atoms with Crippen molar-refractivity contribution in [2.24, 2.45) is 5.92 Å². The Bertz CT molecular complexity index is 627. The molecule has 1 aliphatic rings. The van der Waals surface area contributed by atoms with Crippen LogP contribution in [0.15, 0.2) is 27.6 Å². The third-order valence-electron chi connectivity index (χ3n) is 3.73. The molecule has 7 heteroatoms. The van der Waals surface area contributed by atoms with Crippen LogP contribution >= 0.6 is 26.6 Å². The predicted molar refractivity (Wildman–Crippen MR) is 87.0 cm³/mol. The number of anilines is 1. The molecule has 116 valence electrons. The van der Waals surface area contributed by atoms with E-state index in [-0.39, 0.29) is 10.8 Å². The fourth-order valence-corrected chi connectivity index (χ4v) is 4.86. The Morgan fingerprint density at radius 2 is 2.00 bits per heavy atom. The number of halogens is 2. The van der Waals surface area contributed by atoms with Crippen molar-refractivity contribution in [3.8, 4) is 0 Å². The van der Waals surface area contributed by atoms with E-state index in [1.54, 1.807) is 6.07 Å². The summed E-state index contributed by atoms with van der Waals surface area (Å²) in [6.07, 6.45) is 6.41. The monoisotopic (exact) mass is 393 g/mol. The lowest BCUT2D eigenvalue weighted by Crippen LogP contribution is -2.12. The van der Waals surface area contributed by atoms with Gasteiger partial charge in [-0.25, -0.2) is 8.42 Å². The van der Waals surface area contributed by atoms with Crippen molar-refractivity contribution in [2.75, 3.05) is 5.32 Å². The number of rotatable bonds is 5.